The number of methoxy groups -OCH3 is 2. The summed E-state index contributed by atoms with van der Waals surface area (Å²) in [6, 6.07) is 3.28. The molecule has 0 atom stereocenters. The maximum absolute atomic E-state index is 12.6. The normalized spacial score (nSPS) is 11.4. The van der Waals surface area contributed by atoms with Crippen molar-refractivity contribution in [3.05, 3.63) is 29.8 Å². The van der Waals surface area contributed by atoms with E-state index in [0.29, 0.717) is 26.3 Å². The first kappa shape index (κ1) is 22.7. The first-order valence-electron chi connectivity index (χ1n) is 7.86. The van der Waals surface area contributed by atoms with Gasteiger partial charge in [0.2, 0.25) is 5.91 Å². The van der Waals surface area contributed by atoms with Crippen LogP contribution in [0.25, 0.3) is 6.08 Å². The third-order valence-corrected chi connectivity index (χ3v) is 3.27. The topological polar surface area (TPSA) is 57.2 Å². The SMILES string of the molecule is COCCN(CCOC)C(=O)/C=C/c1ccc(OC(F)F)cc1OC(F)F. The summed E-state index contributed by atoms with van der Waals surface area (Å²) < 4.78 is 68.0. The molecule has 0 unspecified atom stereocenters. The van der Waals surface area contributed by atoms with E-state index >= 15 is 0 Å². The van der Waals surface area contributed by atoms with E-state index < -0.39 is 24.9 Å². The quantitative estimate of drug-likeness (QED) is 0.402. The molecule has 0 N–H and O–H groups in total. The van der Waals surface area contributed by atoms with Crippen LogP contribution in [-0.4, -0.2) is 64.6 Å². The van der Waals surface area contributed by atoms with Crippen LogP contribution in [0.5, 0.6) is 11.5 Å². The predicted octanol–water partition coefficient (Wildman–Crippen LogP) is 3.02. The Morgan fingerprint density at radius 2 is 1.63 bits per heavy atom. The summed E-state index contributed by atoms with van der Waals surface area (Å²) in [4.78, 5) is 13.7. The van der Waals surface area contributed by atoms with Gasteiger partial charge in [0.1, 0.15) is 11.5 Å². The van der Waals surface area contributed by atoms with E-state index in [9.17, 15) is 22.4 Å². The maximum Gasteiger partial charge on any atom is 0.387 e. The Balaban J connectivity index is 2.96. The van der Waals surface area contributed by atoms with Crippen LogP contribution in [0.2, 0.25) is 0 Å². The molecule has 0 heterocycles. The molecular weight excluding hydrogens is 374 g/mol. The molecule has 0 aliphatic carbocycles. The van der Waals surface area contributed by atoms with E-state index in [1.54, 1.807) is 0 Å². The van der Waals surface area contributed by atoms with Crippen LogP contribution < -0.4 is 9.47 Å². The first-order valence-corrected chi connectivity index (χ1v) is 7.86. The van der Waals surface area contributed by atoms with Gasteiger partial charge in [-0.3, -0.25) is 4.79 Å². The molecule has 152 valence electrons. The third kappa shape index (κ3) is 8.74. The van der Waals surface area contributed by atoms with E-state index in [1.807, 2.05) is 0 Å². The molecule has 0 aliphatic heterocycles. The third-order valence-electron chi connectivity index (χ3n) is 3.27. The van der Waals surface area contributed by atoms with Crippen molar-refractivity contribution in [2.24, 2.45) is 0 Å². The van der Waals surface area contributed by atoms with Crippen LogP contribution in [-0.2, 0) is 14.3 Å². The van der Waals surface area contributed by atoms with Crippen molar-refractivity contribution in [1.82, 2.24) is 4.90 Å². The first-order chi connectivity index (χ1) is 12.9. The lowest BCUT2D eigenvalue weighted by Crippen LogP contribution is -2.35. The van der Waals surface area contributed by atoms with Crippen molar-refractivity contribution in [2.45, 2.75) is 13.2 Å². The summed E-state index contributed by atoms with van der Waals surface area (Å²) in [5.41, 5.74) is 0.101. The van der Waals surface area contributed by atoms with Crippen LogP contribution in [0.4, 0.5) is 17.6 Å². The minimum Gasteiger partial charge on any atom is -0.435 e. The van der Waals surface area contributed by atoms with Gasteiger partial charge in [0.25, 0.3) is 0 Å². The zero-order chi connectivity index (χ0) is 20.2. The fourth-order valence-corrected chi connectivity index (χ4v) is 2.03. The molecule has 0 bridgehead atoms. The Morgan fingerprint density at radius 3 is 2.15 bits per heavy atom. The molecule has 0 saturated carbocycles. The fraction of sp³-hybridized carbons (Fsp3) is 0.471. The summed E-state index contributed by atoms with van der Waals surface area (Å²) in [6.07, 6.45) is 2.41. The highest BCUT2D eigenvalue weighted by atomic mass is 19.3. The number of hydrogen-bond donors (Lipinski definition) is 0. The highest BCUT2D eigenvalue weighted by Gasteiger charge is 2.14. The minimum absolute atomic E-state index is 0.101. The Hall–Kier alpha value is -2.33. The van der Waals surface area contributed by atoms with Crippen molar-refractivity contribution < 1.29 is 41.3 Å². The number of hydrogen-bond acceptors (Lipinski definition) is 5. The number of benzene rings is 1. The molecule has 0 spiro atoms. The molecule has 6 nitrogen and oxygen atoms in total. The predicted molar refractivity (Wildman–Crippen MR) is 89.1 cm³/mol. The molecule has 0 aromatic heterocycles. The lowest BCUT2D eigenvalue weighted by atomic mass is 10.1. The molecule has 27 heavy (non-hydrogen) atoms. The molecule has 1 rings (SSSR count). The van der Waals surface area contributed by atoms with Crippen LogP contribution in [0.1, 0.15) is 5.56 Å². The second-order valence-corrected chi connectivity index (χ2v) is 5.10. The second kappa shape index (κ2) is 12.1. The Labute approximate surface area is 154 Å². The number of rotatable bonds is 12. The van der Waals surface area contributed by atoms with E-state index in [1.165, 1.54) is 31.3 Å². The van der Waals surface area contributed by atoms with Crippen molar-refractivity contribution >= 4 is 12.0 Å². The number of amides is 1. The molecule has 0 saturated heterocycles. The zero-order valence-electron chi connectivity index (χ0n) is 14.9. The molecule has 0 radical (unpaired) electrons. The number of carbonyl (C=O) groups is 1. The molecule has 1 amide bonds. The summed E-state index contributed by atoms with van der Waals surface area (Å²) in [7, 11) is 2.98. The Kier molecular flexibility index (Phi) is 10.2. The molecule has 0 fully saturated rings. The van der Waals surface area contributed by atoms with Gasteiger partial charge in [-0.25, -0.2) is 0 Å². The van der Waals surface area contributed by atoms with Gasteiger partial charge < -0.3 is 23.8 Å². The van der Waals surface area contributed by atoms with Gasteiger partial charge in [0.15, 0.2) is 0 Å². The number of alkyl halides is 4. The van der Waals surface area contributed by atoms with Gasteiger partial charge in [-0.2, -0.15) is 17.6 Å². The van der Waals surface area contributed by atoms with Crippen molar-refractivity contribution in [3.63, 3.8) is 0 Å². The number of ether oxygens (including phenoxy) is 4. The summed E-state index contributed by atoms with van der Waals surface area (Å²) in [5, 5.41) is 0. The fourth-order valence-electron chi connectivity index (χ4n) is 2.03. The highest BCUT2D eigenvalue weighted by molar-refractivity contribution is 5.92. The van der Waals surface area contributed by atoms with Crippen LogP contribution >= 0.6 is 0 Å². The lowest BCUT2D eigenvalue weighted by molar-refractivity contribution is -0.127. The Bertz CT molecular complexity index is 605. The van der Waals surface area contributed by atoms with E-state index in [-0.39, 0.29) is 11.3 Å². The number of nitrogens with zero attached hydrogens (tertiary/aromatic N) is 1. The van der Waals surface area contributed by atoms with Crippen molar-refractivity contribution in [2.75, 3.05) is 40.5 Å². The van der Waals surface area contributed by atoms with E-state index in [4.69, 9.17) is 9.47 Å². The van der Waals surface area contributed by atoms with Gasteiger partial charge in [-0.15, -0.1) is 0 Å². The van der Waals surface area contributed by atoms with Crippen molar-refractivity contribution in [3.8, 4) is 11.5 Å². The van der Waals surface area contributed by atoms with Gasteiger partial charge in [-0.1, -0.05) is 0 Å². The molecule has 0 aliphatic rings. The molecular formula is C17H21F4NO5. The maximum atomic E-state index is 12.6. The minimum atomic E-state index is -3.17. The van der Waals surface area contributed by atoms with Gasteiger partial charge in [0.05, 0.1) is 13.2 Å². The van der Waals surface area contributed by atoms with E-state index in [0.717, 1.165) is 18.2 Å². The molecule has 1 aromatic carbocycles. The lowest BCUT2D eigenvalue weighted by Gasteiger charge is -2.20. The number of carbonyl (C=O) groups excluding carboxylic acids is 1. The summed E-state index contributed by atoms with van der Waals surface area (Å²) in [5.74, 6) is -1.14. The van der Waals surface area contributed by atoms with Crippen LogP contribution in [0.15, 0.2) is 24.3 Å². The Morgan fingerprint density at radius 1 is 1.04 bits per heavy atom. The van der Waals surface area contributed by atoms with Gasteiger partial charge >= 0.3 is 13.2 Å². The smallest absolute Gasteiger partial charge is 0.387 e. The molecule has 10 heteroatoms. The van der Waals surface area contributed by atoms with Crippen LogP contribution in [0.3, 0.4) is 0 Å². The molecule has 1 aromatic rings. The number of halogens is 4. The highest BCUT2D eigenvalue weighted by Crippen LogP contribution is 2.28. The van der Waals surface area contributed by atoms with Crippen molar-refractivity contribution in [1.29, 1.82) is 0 Å². The summed E-state index contributed by atoms with van der Waals surface area (Å²) in [6.45, 7) is -5.04. The summed E-state index contributed by atoms with van der Waals surface area (Å²) >= 11 is 0. The van der Waals surface area contributed by atoms with Gasteiger partial charge in [-0.05, 0) is 18.2 Å². The second-order valence-electron chi connectivity index (χ2n) is 5.10. The monoisotopic (exact) mass is 395 g/mol. The van der Waals surface area contributed by atoms with E-state index in [2.05, 4.69) is 9.47 Å². The zero-order valence-corrected chi connectivity index (χ0v) is 14.9. The van der Waals surface area contributed by atoms with Crippen LogP contribution in [0, 0.1) is 0 Å². The largest absolute Gasteiger partial charge is 0.435 e. The average molecular weight is 395 g/mol. The van der Waals surface area contributed by atoms with Gasteiger partial charge in [0, 0.05) is 45.0 Å². The average Bonchev–Trinajstić information content (AvgIpc) is 2.60. The standard InChI is InChI=1S/C17H21F4NO5/c1-24-9-7-22(8-10-25-2)15(23)6-4-12-3-5-13(26-16(18)19)11-14(12)27-17(20)21/h3-6,11,16-17H,7-10H2,1-2H3/b6-4+.